The summed E-state index contributed by atoms with van der Waals surface area (Å²) in [5.74, 6) is 0. The van der Waals surface area contributed by atoms with Crippen LogP contribution in [0.1, 0.15) is 13.3 Å². The normalized spacial score (nSPS) is 15.3. The predicted octanol–water partition coefficient (Wildman–Crippen LogP) is 1.94. The first-order valence-corrected chi connectivity index (χ1v) is 6.72. The summed E-state index contributed by atoms with van der Waals surface area (Å²) in [5, 5.41) is 0. The predicted molar refractivity (Wildman–Crippen MR) is 76.3 cm³/mol. The van der Waals surface area contributed by atoms with Gasteiger partial charge in [0.1, 0.15) is 0 Å². The molecule has 1 aliphatic rings. The number of carbonyl (C=O) groups is 1. The molecule has 0 aliphatic carbocycles. The summed E-state index contributed by atoms with van der Waals surface area (Å²) in [5.41, 5.74) is 7.29. The number of hydrogen-bond acceptors (Lipinski definition) is 3. The Morgan fingerprint density at radius 2 is 1.95 bits per heavy atom. The van der Waals surface area contributed by atoms with Gasteiger partial charge in [-0.05, 0) is 30.7 Å². The van der Waals surface area contributed by atoms with Gasteiger partial charge in [0.25, 0.3) is 0 Å². The van der Waals surface area contributed by atoms with E-state index >= 15 is 0 Å². The van der Waals surface area contributed by atoms with E-state index in [1.807, 2.05) is 34.1 Å². The van der Waals surface area contributed by atoms with E-state index in [-0.39, 0.29) is 6.03 Å². The lowest BCUT2D eigenvalue weighted by Gasteiger charge is -2.33. The lowest BCUT2D eigenvalue weighted by Crippen LogP contribution is -2.48. The Labute approximate surface area is 113 Å². The summed E-state index contributed by atoms with van der Waals surface area (Å²) >= 11 is 0. The van der Waals surface area contributed by atoms with Gasteiger partial charge in [-0.25, -0.2) is 4.79 Å². The molecule has 104 valence electrons. The molecule has 1 aromatic carbocycles. The van der Waals surface area contributed by atoms with Crippen LogP contribution < -0.4 is 10.6 Å². The van der Waals surface area contributed by atoms with Gasteiger partial charge in [0, 0.05) is 31.0 Å². The molecule has 0 bridgehead atoms. The van der Waals surface area contributed by atoms with Crippen LogP contribution in [-0.2, 0) is 4.74 Å². The van der Waals surface area contributed by atoms with E-state index in [4.69, 9.17) is 10.5 Å². The lowest BCUT2D eigenvalue weighted by molar-refractivity contribution is 0.0548. The van der Waals surface area contributed by atoms with Gasteiger partial charge in [-0.15, -0.1) is 0 Å². The van der Waals surface area contributed by atoms with Crippen LogP contribution in [0.4, 0.5) is 16.2 Å². The molecule has 1 aliphatic heterocycles. The number of rotatable bonds is 3. The molecule has 0 radical (unpaired) electrons. The number of urea groups is 1. The highest BCUT2D eigenvalue weighted by atomic mass is 16.5. The van der Waals surface area contributed by atoms with Crippen molar-refractivity contribution in [1.29, 1.82) is 0 Å². The Kier molecular flexibility index (Phi) is 4.63. The summed E-state index contributed by atoms with van der Waals surface area (Å²) in [6.07, 6.45) is 0.917. The average Bonchev–Trinajstić information content (AvgIpc) is 2.46. The van der Waals surface area contributed by atoms with E-state index in [1.165, 1.54) is 0 Å². The zero-order chi connectivity index (χ0) is 13.7. The van der Waals surface area contributed by atoms with Gasteiger partial charge >= 0.3 is 6.03 Å². The van der Waals surface area contributed by atoms with Crippen molar-refractivity contribution in [3.63, 3.8) is 0 Å². The van der Waals surface area contributed by atoms with Crippen LogP contribution in [0.15, 0.2) is 24.3 Å². The van der Waals surface area contributed by atoms with Gasteiger partial charge in [-0.3, -0.25) is 4.90 Å². The van der Waals surface area contributed by atoms with Crippen LogP contribution in [0.25, 0.3) is 0 Å². The van der Waals surface area contributed by atoms with E-state index in [2.05, 4.69) is 6.92 Å². The number of amides is 2. The highest BCUT2D eigenvalue weighted by Crippen LogP contribution is 2.19. The van der Waals surface area contributed by atoms with Crippen molar-refractivity contribution in [3.8, 4) is 0 Å². The van der Waals surface area contributed by atoms with Gasteiger partial charge in [-0.2, -0.15) is 0 Å². The standard InChI is InChI=1S/C14H21N3O2/c1-2-7-17(13-5-3-12(15)4-6-13)14(18)16-8-10-19-11-9-16/h3-6H,2,7-11,15H2,1H3. The van der Waals surface area contributed by atoms with Crippen molar-refractivity contribution in [3.05, 3.63) is 24.3 Å². The second-order valence-electron chi connectivity index (χ2n) is 4.63. The van der Waals surface area contributed by atoms with Crippen molar-refractivity contribution in [2.75, 3.05) is 43.5 Å². The molecule has 5 nitrogen and oxygen atoms in total. The van der Waals surface area contributed by atoms with Crippen molar-refractivity contribution in [1.82, 2.24) is 4.90 Å². The number of morpholine rings is 1. The Bertz CT molecular complexity index is 413. The fourth-order valence-corrected chi connectivity index (χ4v) is 2.14. The highest BCUT2D eigenvalue weighted by molar-refractivity contribution is 5.92. The molecule has 1 aromatic rings. The van der Waals surface area contributed by atoms with Crippen molar-refractivity contribution < 1.29 is 9.53 Å². The number of anilines is 2. The maximum Gasteiger partial charge on any atom is 0.324 e. The van der Waals surface area contributed by atoms with Crippen molar-refractivity contribution >= 4 is 17.4 Å². The molecule has 2 N–H and O–H groups in total. The summed E-state index contributed by atoms with van der Waals surface area (Å²) in [6.45, 7) is 5.33. The third-order valence-electron chi connectivity index (χ3n) is 3.16. The maximum absolute atomic E-state index is 12.5. The van der Waals surface area contributed by atoms with E-state index in [9.17, 15) is 4.79 Å². The molecular formula is C14H21N3O2. The molecule has 1 heterocycles. The number of benzene rings is 1. The molecule has 0 spiro atoms. The first-order valence-electron chi connectivity index (χ1n) is 6.72. The number of carbonyl (C=O) groups excluding carboxylic acids is 1. The van der Waals surface area contributed by atoms with Gasteiger partial charge < -0.3 is 15.4 Å². The van der Waals surface area contributed by atoms with E-state index in [0.29, 0.717) is 38.5 Å². The Hall–Kier alpha value is -1.75. The minimum atomic E-state index is 0.0509. The van der Waals surface area contributed by atoms with Gasteiger partial charge in [-0.1, -0.05) is 6.92 Å². The molecule has 5 heteroatoms. The van der Waals surface area contributed by atoms with Crippen LogP contribution in [0, 0.1) is 0 Å². The fourth-order valence-electron chi connectivity index (χ4n) is 2.14. The molecule has 0 aromatic heterocycles. The van der Waals surface area contributed by atoms with E-state index in [0.717, 1.165) is 12.1 Å². The molecule has 2 amide bonds. The summed E-state index contributed by atoms with van der Waals surface area (Å²) in [4.78, 5) is 16.2. The SMILES string of the molecule is CCCN(C(=O)N1CCOCC1)c1ccc(N)cc1. The molecular weight excluding hydrogens is 242 g/mol. The molecule has 1 fully saturated rings. The third-order valence-corrected chi connectivity index (χ3v) is 3.16. The zero-order valence-electron chi connectivity index (χ0n) is 11.3. The zero-order valence-corrected chi connectivity index (χ0v) is 11.3. The highest BCUT2D eigenvalue weighted by Gasteiger charge is 2.23. The van der Waals surface area contributed by atoms with Gasteiger partial charge in [0.2, 0.25) is 0 Å². The molecule has 19 heavy (non-hydrogen) atoms. The minimum Gasteiger partial charge on any atom is -0.399 e. The second-order valence-corrected chi connectivity index (χ2v) is 4.63. The summed E-state index contributed by atoms with van der Waals surface area (Å²) < 4.78 is 5.28. The number of nitrogens with zero attached hydrogens (tertiary/aromatic N) is 2. The van der Waals surface area contributed by atoms with Gasteiger partial charge in [0.05, 0.1) is 13.2 Å². The molecule has 0 saturated carbocycles. The Morgan fingerprint density at radius 1 is 1.32 bits per heavy atom. The molecule has 1 saturated heterocycles. The number of nitrogen functional groups attached to an aromatic ring is 1. The third kappa shape index (κ3) is 3.38. The first kappa shape index (κ1) is 13.7. The molecule has 0 unspecified atom stereocenters. The monoisotopic (exact) mass is 263 g/mol. The Morgan fingerprint density at radius 3 is 2.53 bits per heavy atom. The summed E-state index contributed by atoms with van der Waals surface area (Å²) in [6, 6.07) is 7.48. The van der Waals surface area contributed by atoms with Crippen LogP contribution >= 0.6 is 0 Å². The number of nitrogens with two attached hydrogens (primary N) is 1. The average molecular weight is 263 g/mol. The van der Waals surface area contributed by atoms with Gasteiger partial charge in [0.15, 0.2) is 0 Å². The first-order chi connectivity index (χ1) is 9.22. The van der Waals surface area contributed by atoms with E-state index < -0.39 is 0 Å². The van der Waals surface area contributed by atoms with Crippen LogP contribution in [-0.4, -0.2) is 43.8 Å². The van der Waals surface area contributed by atoms with E-state index in [1.54, 1.807) is 0 Å². The topological polar surface area (TPSA) is 58.8 Å². The minimum absolute atomic E-state index is 0.0509. The van der Waals surface area contributed by atoms with Crippen LogP contribution in [0.3, 0.4) is 0 Å². The fraction of sp³-hybridized carbons (Fsp3) is 0.500. The molecule has 0 atom stereocenters. The smallest absolute Gasteiger partial charge is 0.324 e. The van der Waals surface area contributed by atoms with Crippen LogP contribution in [0.2, 0.25) is 0 Å². The summed E-state index contributed by atoms with van der Waals surface area (Å²) in [7, 11) is 0. The van der Waals surface area contributed by atoms with Crippen molar-refractivity contribution in [2.24, 2.45) is 0 Å². The quantitative estimate of drug-likeness (QED) is 0.848. The number of ether oxygens (including phenoxy) is 1. The Balaban J connectivity index is 2.14. The molecule has 2 rings (SSSR count). The maximum atomic E-state index is 12.5. The largest absolute Gasteiger partial charge is 0.399 e. The second kappa shape index (κ2) is 6.43. The lowest BCUT2D eigenvalue weighted by atomic mass is 10.2. The van der Waals surface area contributed by atoms with Crippen molar-refractivity contribution in [2.45, 2.75) is 13.3 Å². The number of hydrogen-bond donors (Lipinski definition) is 1. The van der Waals surface area contributed by atoms with Crippen LogP contribution in [0.5, 0.6) is 0 Å².